The molecule has 0 spiro atoms. The average Bonchev–Trinajstić information content (AvgIpc) is 2.42. The summed E-state index contributed by atoms with van der Waals surface area (Å²) in [5.74, 6) is -1.52. The van der Waals surface area contributed by atoms with Gasteiger partial charge in [0.15, 0.2) is 5.69 Å². The van der Waals surface area contributed by atoms with Crippen LogP contribution in [0, 0.1) is 13.8 Å². The first kappa shape index (κ1) is 13.7. The molecule has 5 heteroatoms. The summed E-state index contributed by atoms with van der Waals surface area (Å²) in [4.78, 5) is 27.0. The molecule has 1 aromatic heterocycles. The lowest BCUT2D eigenvalue weighted by atomic mass is 10.0. The van der Waals surface area contributed by atoms with E-state index in [0.717, 1.165) is 11.1 Å². The van der Waals surface area contributed by atoms with Crippen LogP contribution in [-0.2, 0) is 0 Å². The maximum atomic E-state index is 12.2. The van der Waals surface area contributed by atoms with Gasteiger partial charge in [-0.1, -0.05) is 12.1 Å². The Labute approximate surface area is 116 Å². The van der Waals surface area contributed by atoms with Crippen molar-refractivity contribution < 1.29 is 14.7 Å². The molecule has 0 unspecified atom stereocenters. The zero-order valence-corrected chi connectivity index (χ0v) is 11.2. The summed E-state index contributed by atoms with van der Waals surface area (Å²) in [5, 5.41) is 11.6. The van der Waals surface area contributed by atoms with Crippen LogP contribution in [0.4, 0.5) is 5.69 Å². The first-order valence-corrected chi connectivity index (χ1v) is 6.06. The van der Waals surface area contributed by atoms with Gasteiger partial charge in [-0.3, -0.25) is 4.79 Å². The highest BCUT2D eigenvalue weighted by molar-refractivity contribution is 6.08. The van der Waals surface area contributed by atoms with E-state index in [4.69, 9.17) is 5.11 Å². The molecule has 2 aromatic rings. The summed E-state index contributed by atoms with van der Waals surface area (Å²) in [5.41, 5.74) is 2.40. The predicted octanol–water partition coefficient (Wildman–Crippen LogP) is 2.65. The minimum atomic E-state index is -1.18. The number of amides is 1. The molecule has 0 aliphatic carbocycles. The number of anilines is 1. The van der Waals surface area contributed by atoms with Crippen LogP contribution in [0.1, 0.15) is 32.0 Å². The monoisotopic (exact) mass is 270 g/mol. The van der Waals surface area contributed by atoms with Gasteiger partial charge in [0.05, 0.1) is 5.69 Å². The number of carbonyl (C=O) groups is 2. The lowest BCUT2D eigenvalue weighted by molar-refractivity contribution is 0.0692. The average molecular weight is 270 g/mol. The summed E-state index contributed by atoms with van der Waals surface area (Å²) in [6.45, 7) is 3.77. The fourth-order valence-electron chi connectivity index (χ4n) is 1.86. The Morgan fingerprint density at radius 1 is 1.15 bits per heavy atom. The molecule has 0 aliphatic heterocycles. The van der Waals surface area contributed by atoms with Crippen molar-refractivity contribution in [2.75, 3.05) is 5.32 Å². The molecule has 20 heavy (non-hydrogen) atoms. The molecular formula is C15H14N2O3. The van der Waals surface area contributed by atoms with Gasteiger partial charge in [-0.2, -0.15) is 0 Å². The van der Waals surface area contributed by atoms with Crippen LogP contribution in [0.2, 0.25) is 0 Å². The molecule has 0 fully saturated rings. The molecule has 0 radical (unpaired) electrons. The Hall–Kier alpha value is -2.69. The number of aryl methyl sites for hydroxylation is 1. The Bertz CT molecular complexity index is 681. The second-order valence-electron chi connectivity index (χ2n) is 4.41. The molecule has 5 nitrogen and oxygen atoms in total. The Balaban J connectivity index is 2.33. The normalized spacial score (nSPS) is 10.1. The molecule has 0 atom stereocenters. The van der Waals surface area contributed by atoms with Gasteiger partial charge in [-0.25, -0.2) is 9.78 Å². The highest BCUT2D eigenvalue weighted by Crippen LogP contribution is 2.17. The Morgan fingerprint density at radius 2 is 1.90 bits per heavy atom. The van der Waals surface area contributed by atoms with Crippen LogP contribution >= 0.6 is 0 Å². The Morgan fingerprint density at radius 3 is 2.60 bits per heavy atom. The largest absolute Gasteiger partial charge is 0.476 e. The van der Waals surface area contributed by atoms with Gasteiger partial charge < -0.3 is 10.4 Å². The summed E-state index contributed by atoms with van der Waals surface area (Å²) in [6, 6.07) is 8.50. The van der Waals surface area contributed by atoms with E-state index in [1.165, 1.54) is 12.3 Å². The third-order valence-corrected chi connectivity index (χ3v) is 3.11. The molecule has 2 rings (SSSR count). The lowest BCUT2D eigenvalue weighted by Crippen LogP contribution is -2.17. The molecule has 1 amide bonds. The fraction of sp³-hybridized carbons (Fsp3) is 0.133. The number of nitrogens with one attached hydrogen (secondary N) is 1. The van der Waals surface area contributed by atoms with Gasteiger partial charge in [0, 0.05) is 11.8 Å². The number of hydrogen-bond acceptors (Lipinski definition) is 3. The maximum absolute atomic E-state index is 12.2. The number of nitrogens with zero attached hydrogens (tertiary/aromatic N) is 1. The van der Waals surface area contributed by atoms with E-state index in [1.807, 2.05) is 19.9 Å². The van der Waals surface area contributed by atoms with Gasteiger partial charge in [0.2, 0.25) is 0 Å². The Kier molecular flexibility index (Phi) is 3.79. The molecule has 2 N–H and O–H groups in total. The van der Waals surface area contributed by atoms with Gasteiger partial charge in [0.1, 0.15) is 0 Å². The van der Waals surface area contributed by atoms with Crippen LogP contribution in [-0.4, -0.2) is 22.0 Å². The SMILES string of the molecule is Cc1cccc(C(=O)Nc2cccnc2C(=O)O)c1C. The van der Waals surface area contributed by atoms with Crippen molar-refractivity contribution >= 4 is 17.6 Å². The number of carboxylic acid groups (broad SMARTS) is 1. The number of rotatable bonds is 3. The standard InChI is InChI=1S/C15H14N2O3/c1-9-5-3-6-11(10(9)2)14(18)17-12-7-4-8-16-13(12)15(19)20/h3-8H,1-2H3,(H,17,18)(H,19,20). The summed E-state index contributed by atoms with van der Waals surface area (Å²) >= 11 is 0. The number of aromatic nitrogens is 1. The number of pyridine rings is 1. The lowest BCUT2D eigenvalue weighted by Gasteiger charge is -2.10. The molecule has 1 aromatic carbocycles. The smallest absolute Gasteiger partial charge is 0.356 e. The quantitative estimate of drug-likeness (QED) is 0.898. The van der Waals surface area contributed by atoms with Crippen molar-refractivity contribution in [1.82, 2.24) is 4.98 Å². The molecule has 0 saturated heterocycles. The molecule has 1 heterocycles. The van der Waals surface area contributed by atoms with Gasteiger partial charge in [-0.15, -0.1) is 0 Å². The van der Waals surface area contributed by atoms with Gasteiger partial charge >= 0.3 is 5.97 Å². The van der Waals surface area contributed by atoms with Crippen molar-refractivity contribution in [3.8, 4) is 0 Å². The zero-order chi connectivity index (χ0) is 14.7. The third kappa shape index (κ3) is 2.66. The fourth-order valence-corrected chi connectivity index (χ4v) is 1.86. The van der Waals surface area contributed by atoms with Crippen LogP contribution in [0.25, 0.3) is 0 Å². The first-order valence-electron chi connectivity index (χ1n) is 6.06. The first-order chi connectivity index (χ1) is 9.50. The second kappa shape index (κ2) is 5.52. The molecule has 102 valence electrons. The van der Waals surface area contributed by atoms with E-state index in [9.17, 15) is 9.59 Å². The molecular weight excluding hydrogens is 256 g/mol. The number of aromatic carboxylic acids is 1. The summed E-state index contributed by atoms with van der Waals surface area (Å²) < 4.78 is 0. The summed E-state index contributed by atoms with van der Waals surface area (Å²) in [7, 11) is 0. The van der Waals surface area contributed by atoms with E-state index >= 15 is 0 Å². The molecule has 0 saturated carbocycles. The predicted molar refractivity (Wildman–Crippen MR) is 75.1 cm³/mol. The number of benzene rings is 1. The van der Waals surface area contributed by atoms with E-state index in [0.29, 0.717) is 5.56 Å². The number of hydrogen-bond donors (Lipinski definition) is 2. The highest BCUT2D eigenvalue weighted by atomic mass is 16.4. The van der Waals surface area contributed by atoms with Crippen LogP contribution in [0.15, 0.2) is 36.5 Å². The maximum Gasteiger partial charge on any atom is 0.356 e. The van der Waals surface area contributed by atoms with E-state index in [2.05, 4.69) is 10.3 Å². The molecule has 0 aliphatic rings. The van der Waals surface area contributed by atoms with E-state index in [1.54, 1.807) is 18.2 Å². The van der Waals surface area contributed by atoms with Crippen molar-refractivity contribution in [1.29, 1.82) is 0 Å². The third-order valence-electron chi connectivity index (χ3n) is 3.11. The topological polar surface area (TPSA) is 79.3 Å². The zero-order valence-electron chi connectivity index (χ0n) is 11.2. The van der Waals surface area contributed by atoms with Crippen molar-refractivity contribution in [3.05, 3.63) is 58.9 Å². The van der Waals surface area contributed by atoms with E-state index in [-0.39, 0.29) is 17.3 Å². The second-order valence-corrected chi connectivity index (χ2v) is 4.41. The van der Waals surface area contributed by atoms with Gasteiger partial charge in [0.25, 0.3) is 5.91 Å². The summed E-state index contributed by atoms with van der Waals surface area (Å²) in [6.07, 6.45) is 1.37. The van der Waals surface area contributed by atoms with Crippen LogP contribution in [0.3, 0.4) is 0 Å². The van der Waals surface area contributed by atoms with Crippen LogP contribution in [0.5, 0.6) is 0 Å². The van der Waals surface area contributed by atoms with Gasteiger partial charge in [-0.05, 0) is 43.2 Å². The van der Waals surface area contributed by atoms with Crippen molar-refractivity contribution in [3.63, 3.8) is 0 Å². The van der Waals surface area contributed by atoms with Crippen molar-refractivity contribution in [2.45, 2.75) is 13.8 Å². The number of carbonyl (C=O) groups excluding carboxylic acids is 1. The van der Waals surface area contributed by atoms with E-state index < -0.39 is 5.97 Å². The van der Waals surface area contributed by atoms with Crippen LogP contribution < -0.4 is 5.32 Å². The minimum absolute atomic E-state index is 0.175. The highest BCUT2D eigenvalue weighted by Gasteiger charge is 2.15. The minimum Gasteiger partial charge on any atom is -0.476 e. The molecule has 0 bridgehead atoms. The van der Waals surface area contributed by atoms with Crippen molar-refractivity contribution in [2.24, 2.45) is 0 Å². The number of carboxylic acids is 1.